The quantitative estimate of drug-likeness (QED) is 0.671. The van der Waals surface area contributed by atoms with Crippen molar-refractivity contribution in [3.63, 3.8) is 0 Å². The molecule has 1 fully saturated rings. The van der Waals surface area contributed by atoms with Gasteiger partial charge in [0, 0.05) is 33.2 Å². The Morgan fingerprint density at radius 1 is 1.38 bits per heavy atom. The van der Waals surface area contributed by atoms with E-state index in [2.05, 4.69) is 9.72 Å². The Hall–Kier alpha value is -1.65. The normalized spacial score (nSPS) is 17.8. The summed E-state index contributed by atoms with van der Waals surface area (Å²) < 4.78 is 32.4. The Labute approximate surface area is 123 Å². The minimum Gasteiger partial charge on any atom is -0.468 e. The molecule has 0 atom stereocenters. The summed E-state index contributed by atoms with van der Waals surface area (Å²) in [7, 11) is -0.757. The molecule has 1 aromatic heterocycles. The highest BCUT2D eigenvalue weighted by atomic mass is 32.2. The first kappa shape index (κ1) is 15.7. The molecule has 1 aromatic rings. The molecule has 0 unspecified atom stereocenters. The number of nitrogens with zero attached hydrogens (tertiary/aromatic N) is 4. The maximum atomic E-state index is 12.5. The Kier molecular flexibility index (Phi) is 4.49. The number of piperazine rings is 1. The summed E-state index contributed by atoms with van der Waals surface area (Å²) in [6.45, 7) is 1.68. The van der Waals surface area contributed by atoms with Crippen LogP contribution in [0.5, 0.6) is 0 Å². The van der Waals surface area contributed by atoms with E-state index in [1.54, 1.807) is 7.05 Å². The third-order valence-corrected chi connectivity index (χ3v) is 5.44. The van der Waals surface area contributed by atoms with Crippen molar-refractivity contribution in [2.45, 2.75) is 5.03 Å². The molecule has 0 spiro atoms. The number of carbonyl (C=O) groups excluding carboxylic acids is 1. The fourth-order valence-corrected chi connectivity index (χ4v) is 3.87. The molecule has 2 N–H and O–H groups in total. The maximum absolute atomic E-state index is 12.5. The number of aryl methyl sites for hydroxylation is 1. The molecule has 118 valence electrons. The van der Waals surface area contributed by atoms with Crippen molar-refractivity contribution in [3.05, 3.63) is 6.33 Å². The molecular formula is C11H19N5O4S. The van der Waals surface area contributed by atoms with E-state index in [1.807, 2.05) is 4.90 Å². The molecule has 0 aliphatic carbocycles. The topological polar surface area (TPSA) is 111 Å². The summed E-state index contributed by atoms with van der Waals surface area (Å²) >= 11 is 0. The molecule has 0 saturated carbocycles. The van der Waals surface area contributed by atoms with Gasteiger partial charge in [0.1, 0.15) is 0 Å². The number of nitrogen functional groups attached to an aromatic ring is 1. The van der Waals surface area contributed by atoms with Gasteiger partial charge in [0.2, 0.25) is 0 Å². The molecule has 0 aromatic carbocycles. The van der Waals surface area contributed by atoms with Crippen molar-refractivity contribution in [2.75, 3.05) is 45.6 Å². The molecular weight excluding hydrogens is 298 g/mol. The standard InChI is InChI=1S/C11H19N5O4S/c1-14-8-13-10(12)11(14)21(18,19)16-5-3-15(4-6-16)7-9(17)20-2/h8H,3-7,12H2,1-2H3. The maximum Gasteiger partial charge on any atom is 0.319 e. The van der Waals surface area contributed by atoms with Crippen molar-refractivity contribution in [1.82, 2.24) is 18.8 Å². The van der Waals surface area contributed by atoms with E-state index in [1.165, 1.54) is 22.3 Å². The molecule has 2 rings (SSSR count). The number of rotatable bonds is 4. The summed E-state index contributed by atoms with van der Waals surface area (Å²) in [5, 5.41) is 0.00363. The van der Waals surface area contributed by atoms with E-state index >= 15 is 0 Å². The highest BCUT2D eigenvalue weighted by Gasteiger charge is 2.32. The van der Waals surface area contributed by atoms with Crippen LogP contribution in [0.3, 0.4) is 0 Å². The average molecular weight is 317 g/mol. The third-order valence-electron chi connectivity index (χ3n) is 3.41. The number of imidazole rings is 1. The van der Waals surface area contributed by atoms with Gasteiger partial charge in [0.15, 0.2) is 10.8 Å². The summed E-state index contributed by atoms with van der Waals surface area (Å²) in [5.41, 5.74) is 5.64. The van der Waals surface area contributed by atoms with Gasteiger partial charge in [-0.1, -0.05) is 0 Å². The second-order valence-corrected chi connectivity index (χ2v) is 6.66. The lowest BCUT2D eigenvalue weighted by Crippen LogP contribution is -2.50. The average Bonchev–Trinajstić information content (AvgIpc) is 2.79. The Balaban J connectivity index is 2.07. The van der Waals surface area contributed by atoms with Gasteiger partial charge >= 0.3 is 5.97 Å². The lowest BCUT2D eigenvalue weighted by atomic mass is 10.3. The van der Waals surface area contributed by atoms with Crippen LogP contribution in [0, 0.1) is 0 Å². The van der Waals surface area contributed by atoms with Gasteiger partial charge in [-0.05, 0) is 0 Å². The first-order valence-corrected chi connectivity index (χ1v) is 7.86. The molecule has 9 nitrogen and oxygen atoms in total. The van der Waals surface area contributed by atoms with E-state index in [0.717, 1.165) is 0 Å². The van der Waals surface area contributed by atoms with Gasteiger partial charge in [-0.25, -0.2) is 13.4 Å². The number of hydrogen-bond donors (Lipinski definition) is 1. The number of methoxy groups -OCH3 is 1. The molecule has 21 heavy (non-hydrogen) atoms. The number of esters is 1. The number of sulfonamides is 1. The minimum atomic E-state index is -3.67. The first-order chi connectivity index (χ1) is 9.86. The minimum absolute atomic E-state index is 0.00363. The highest BCUT2D eigenvalue weighted by Crippen LogP contribution is 2.21. The van der Waals surface area contributed by atoms with Crippen molar-refractivity contribution < 1.29 is 17.9 Å². The van der Waals surface area contributed by atoms with E-state index in [-0.39, 0.29) is 23.4 Å². The third kappa shape index (κ3) is 3.17. The van der Waals surface area contributed by atoms with Crippen molar-refractivity contribution in [2.24, 2.45) is 7.05 Å². The van der Waals surface area contributed by atoms with Crippen LogP contribution >= 0.6 is 0 Å². The van der Waals surface area contributed by atoms with E-state index in [0.29, 0.717) is 26.2 Å². The number of carbonyl (C=O) groups is 1. The van der Waals surface area contributed by atoms with Gasteiger partial charge in [0.05, 0.1) is 20.0 Å². The van der Waals surface area contributed by atoms with Gasteiger partial charge in [-0.15, -0.1) is 0 Å². The molecule has 1 saturated heterocycles. The smallest absolute Gasteiger partial charge is 0.319 e. The number of nitrogens with two attached hydrogens (primary N) is 1. The van der Waals surface area contributed by atoms with E-state index in [9.17, 15) is 13.2 Å². The van der Waals surface area contributed by atoms with Crippen molar-refractivity contribution >= 4 is 21.8 Å². The highest BCUT2D eigenvalue weighted by molar-refractivity contribution is 7.89. The summed E-state index contributed by atoms with van der Waals surface area (Å²) in [6.07, 6.45) is 1.37. The summed E-state index contributed by atoms with van der Waals surface area (Å²) in [4.78, 5) is 16.9. The molecule has 1 aliphatic rings. The first-order valence-electron chi connectivity index (χ1n) is 6.42. The van der Waals surface area contributed by atoms with E-state index in [4.69, 9.17) is 5.73 Å². The molecule has 10 heteroatoms. The summed E-state index contributed by atoms with van der Waals surface area (Å²) in [5.74, 6) is -0.336. The Morgan fingerprint density at radius 2 is 2.00 bits per heavy atom. The fourth-order valence-electron chi connectivity index (χ4n) is 2.25. The lowest BCUT2D eigenvalue weighted by molar-refractivity contribution is -0.142. The van der Waals surface area contributed by atoms with Crippen molar-refractivity contribution in [1.29, 1.82) is 0 Å². The number of hydrogen-bond acceptors (Lipinski definition) is 7. The lowest BCUT2D eigenvalue weighted by Gasteiger charge is -2.33. The molecule has 0 radical (unpaired) electrons. The Morgan fingerprint density at radius 3 is 2.48 bits per heavy atom. The second-order valence-electron chi connectivity index (χ2n) is 4.80. The largest absolute Gasteiger partial charge is 0.468 e. The van der Waals surface area contributed by atoms with Crippen LogP contribution in [0.2, 0.25) is 0 Å². The van der Waals surface area contributed by atoms with Gasteiger partial charge in [0.25, 0.3) is 10.0 Å². The van der Waals surface area contributed by atoms with Crippen LogP contribution in [-0.4, -0.2) is 73.0 Å². The molecule has 1 aliphatic heterocycles. The molecule has 0 bridgehead atoms. The fraction of sp³-hybridized carbons (Fsp3) is 0.636. The van der Waals surface area contributed by atoms with Crippen LogP contribution in [0.25, 0.3) is 0 Å². The zero-order valence-electron chi connectivity index (χ0n) is 12.0. The zero-order valence-corrected chi connectivity index (χ0v) is 12.8. The summed E-state index contributed by atoms with van der Waals surface area (Å²) in [6, 6.07) is 0. The second kappa shape index (κ2) is 6.00. The SMILES string of the molecule is COC(=O)CN1CCN(S(=O)(=O)c2c(N)ncn2C)CC1. The zero-order chi connectivity index (χ0) is 15.6. The van der Waals surface area contributed by atoms with Crippen LogP contribution in [0.15, 0.2) is 11.4 Å². The van der Waals surface area contributed by atoms with Crippen molar-refractivity contribution in [3.8, 4) is 0 Å². The number of anilines is 1. The predicted octanol–water partition coefficient (Wildman–Crippen LogP) is -1.52. The van der Waals surface area contributed by atoms with Crippen LogP contribution < -0.4 is 5.73 Å². The van der Waals surface area contributed by atoms with Gasteiger partial charge < -0.3 is 15.0 Å². The van der Waals surface area contributed by atoms with Crippen LogP contribution in [0.4, 0.5) is 5.82 Å². The number of ether oxygens (including phenoxy) is 1. The monoisotopic (exact) mass is 317 g/mol. The van der Waals surface area contributed by atoms with E-state index < -0.39 is 10.0 Å². The Bertz CT molecular complexity index is 599. The van der Waals surface area contributed by atoms with Crippen LogP contribution in [-0.2, 0) is 26.6 Å². The van der Waals surface area contributed by atoms with Gasteiger partial charge in [-0.2, -0.15) is 4.31 Å². The van der Waals surface area contributed by atoms with Gasteiger partial charge in [-0.3, -0.25) is 9.69 Å². The van der Waals surface area contributed by atoms with Crippen LogP contribution in [0.1, 0.15) is 0 Å². The molecule has 2 heterocycles. The molecule has 0 amide bonds. The predicted molar refractivity (Wildman–Crippen MR) is 74.8 cm³/mol. The number of aromatic nitrogens is 2.